The molecule has 16 rings (SSSR count). The lowest BCUT2D eigenvalue weighted by atomic mass is 10.1. The Morgan fingerprint density at radius 3 is 0.833 bits per heavy atom. The first kappa shape index (κ1) is 102. The van der Waals surface area contributed by atoms with Gasteiger partial charge in [0.05, 0.1) is 120 Å². The number of benzene rings is 8. The van der Waals surface area contributed by atoms with E-state index in [9.17, 15) is 40.2 Å². The molecular weight excluding hydrogens is 1760 g/mol. The Hall–Kier alpha value is -13.7. The predicted octanol–water partition coefficient (Wildman–Crippen LogP) is 22.9. The zero-order chi connectivity index (χ0) is 97.1. The Morgan fingerprint density at radius 1 is 0.304 bits per heavy atom. The molecule has 4 aromatic heterocycles. The molecular formula is C109H130N16O12S. The maximum absolute atomic E-state index is 11.9. The summed E-state index contributed by atoms with van der Waals surface area (Å²) in [6.45, 7) is 36.0. The summed E-state index contributed by atoms with van der Waals surface area (Å²) < 4.78 is 52.7. The molecule has 4 amide bonds. The van der Waals surface area contributed by atoms with Crippen LogP contribution in [0.25, 0.3) is 88.6 Å². The number of anilines is 4. The summed E-state index contributed by atoms with van der Waals surface area (Å²) in [6.07, 6.45) is 11.2. The van der Waals surface area contributed by atoms with Gasteiger partial charge in [-0.1, -0.05) is 55.0 Å². The van der Waals surface area contributed by atoms with E-state index in [-0.39, 0.29) is 0 Å². The molecule has 0 unspecified atom stereocenters. The molecule has 0 saturated carbocycles. The van der Waals surface area contributed by atoms with Gasteiger partial charge in [0.15, 0.2) is 0 Å². The predicted molar refractivity (Wildman–Crippen MR) is 549 cm³/mol. The minimum atomic E-state index is -0.497. The third-order valence-electron chi connectivity index (χ3n) is 25.1. The zero-order valence-corrected chi connectivity index (χ0v) is 81.8. The van der Waals surface area contributed by atoms with Crippen molar-refractivity contribution in [2.24, 2.45) is 0 Å². The van der Waals surface area contributed by atoms with E-state index in [0.717, 1.165) is 177 Å². The summed E-state index contributed by atoms with van der Waals surface area (Å²) >= 11 is 2.03. The second kappa shape index (κ2) is 52.0. The van der Waals surface area contributed by atoms with Crippen molar-refractivity contribution in [1.29, 1.82) is 21.0 Å². The van der Waals surface area contributed by atoms with Crippen molar-refractivity contribution in [2.75, 3.05) is 164 Å². The number of carbonyl (C=O) groups is 4. The highest BCUT2D eigenvalue weighted by molar-refractivity contribution is 7.99. The minimum absolute atomic E-state index is 0.302. The van der Waals surface area contributed by atoms with Crippen LogP contribution in [0.4, 0.5) is 41.9 Å². The monoisotopic (exact) mass is 1890 g/mol. The summed E-state index contributed by atoms with van der Waals surface area (Å²) in [7, 11) is 0. The number of nitrogens with one attached hydrogen (secondary N) is 4. The normalized spacial score (nSPS) is 13.8. The highest BCUT2D eigenvalue weighted by Gasteiger charge is 2.26. The lowest BCUT2D eigenvalue weighted by Gasteiger charge is -2.26. The lowest BCUT2D eigenvalue weighted by Crippen LogP contribution is -2.33. The van der Waals surface area contributed by atoms with E-state index in [0.29, 0.717) is 111 Å². The fourth-order valence-corrected chi connectivity index (χ4v) is 19.6. The topological polar surface area (TPSA) is 318 Å². The number of amides is 4. The average molecular weight is 1890 g/mol. The fraction of sp³-hybridized carbons (Fsp3) is 0.413. The second-order valence-corrected chi connectivity index (χ2v) is 35.2. The molecule has 4 aliphatic heterocycles. The van der Waals surface area contributed by atoms with Crippen molar-refractivity contribution in [2.45, 2.75) is 152 Å². The van der Waals surface area contributed by atoms with Crippen molar-refractivity contribution >= 4 is 102 Å². The van der Waals surface area contributed by atoms with Crippen LogP contribution in [0, 0.1) is 45.3 Å². The second-order valence-electron chi connectivity index (χ2n) is 34.0. The molecule has 0 bridgehead atoms. The van der Waals surface area contributed by atoms with Crippen molar-refractivity contribution in [1.82, 2.24) is 37.9 Å². The molecule has 8 heterocycles. The maximum atomic E-state index is 11.9. The van der Waals surface area contributed by atoms with E-state index in [4.69, 9.17) is 37.9 Å². The fourth-order valence-electron chi connectivity index (χ4n) is 18.6. The Labute approximate surface area is 814 Å². The molecule has 29 heteroatoms. The maximum Gasteiger partial charge on any atom is 0.411 e. The van der Waals surface area contributed by atoms with Crippen LogP contribution in [0.3, 0.4) is 0 Å². The summed E-state index contributed by atoms with van der Waals surface area (Å²) in [5.41, 5.74) is 16.1. The van der Waals surface area contributed by atoms with Gasteiger partial charge in [-0.3, -0.25) is 21.3 Å². The first-order valence-corrected chi connectivity index (χ1v) is 50.1. The molecule has 0 aliphatic carbocycles. The van der Waals surface area contributed by atoms with Crippen molar-refractivity contribution in [3.63, 3.8) is 0 Å². The Bertz CT molecular complexity index is 6060. The Kier molecular flexibility index (Phi) is 38.4. The van der Waals surface area contributed by atoms with Gasteiger partial charge >= 0.3 is 24.4 Å². The van der Waals surface area contributed by atoms with Gasteiger partial charge in [-0.15, -0.1) is 0 Å². The number of likely N-dealkylation sites (tertiary alicyclic amines) is 3. The van der Waals surface area contributed by atoms with Crippen molar-refractivity contribution < 1.29 is 57.1 Å². The molecule has 0 radical (unpaired) electrons. The number of nitrogens with zero attached hydrogens (tertiary/aromatic N) is 12. The standard InChI is InChI=1S/C28H34N4O3.C27H32N4O3S.2C27H32N4O3/c1-3-32-26-19-23(35-18-8-17-31-15-6-5-7-16-31)13-14-24(26)25(20-29)27(32)21-9-11-22(12-10-21)30-28(33)34-4-2;1-3-31-25-18-22(34-15-5-12-30-13-16-35-17-14-30)10-11-23(25)24(19-28)26(31)20-6-8-21(9-7-20)29-27(32)33-4-2;1-3-31-25-18-22(34-17-7-16-30-14-5-6-15-30)12-13-23(25)24(19-28)26(31)20-8-10-21(11-9-20)29-27(32)33-4-2;1-3-31-25-18-22(34-16-8-15-30-13-5-6-14-30)11-12-23(25)24(19-28)26(31)20-9-7-10-21(17-20)29-27(32)33-4-2/h9-14,19H,3-8,15-18H2,1-2H3,(H,30,33);6-11,18H,3-5,12-17H2,1-2H3,(H,29,32);8-13,18H,3-7,14-17H2,1-2H3,(H,29,32);7,9-12,17-18H,3-6,8,13-16H2,1-2H3,(H,29,32). The first-order chi connectivity index (χ1) is 67.6. The third-order valence-corrected chi connectivity index (χ3v) is 26.0. The zero-order valence-electron chi connectivity index (χ0n) is 81.0. The van der Waals surface area contributed by atoms with E-state index in [1.165, 1.54) is 109 Å². The van der Waals surface area contributed by atoms with Crippen LogP contribution in [0.1, 0.15) is 148 Å². The van der Waals surface area contributed by atoms with Gasteiger partial charge in [0.1, 0.15) is 47.3 Å². The largest absolute Gasteiger partial charge is 0.493 e. The molecule has 4 saturated heterocycles. The Morgan fingerprint density at radius 2 is 0.565 bits per heavy atom. The number of aromatic nitrogens is 4. The summed E-state index contributed by atoms with van der Waals surface area (Å²) in [6, 6.07) is 63.4. The van der Waals surface area contributed by atoms with Crippen LogP contribution in [-0.4, -0.2) is 205 Å². The van der Waals surface area contributed by atoms with Crippen LogP contribution < -0.4 is 40.2 Å². The summed E-state index contributed by atoms with van der Waals surface area (Å²) in [5, 5.41) is 54.5. The van der Waals surface area contributed by atoms with Gasteiger partial charge in [0.2, 0.25) is 0 Å². The molecule has 28 nitrogen and oxygen atoms in total. The average Bonchev–Trinajstić information content (AvgIpc) is 1.62. The smallest absolute Gasteiger partial charge is 0.411 e. The van der Waals surface area contributed by atoms with E-state index in [2.05, 4.69) is 111 Å². The first-order valence-electron chi connectivity index (χ1n) is 49.0. The van der Waals surface area contributed by atoms with Gasteiger partial charge in [-0.25, -0.2) is 19.2 Å². The highest BCUT2D eigenvalue weighted by Crippen LogP contribution is 2.42. The summed E-state index contributed by atoms with van der Waals surface area (Å²) in [5.74, 6) is 5.73. The van der Waals surface area contributed by atoms with Crippen LogP contribution in [0.5, 0.6) is 23.0 Å². The van der Waals surface area contributed by atoms with E-state index < -0.39 is 24.4 Å². The SMILES string of the molecule is CCOC(=O)Nc1ccc(-c2c(C#N)c3ccc(OCCCN4CCCC4)cc3n2CC)cc1.CCOC(=O)Nc1ccc(-c2c(C#N)c3ccc(OCCCN4CCCCC4)cc3n2CC)cc1.CCOC(=O)Nc1ccc(-c2c(C#N)c3ccc(OCCCN4CCSCC4)cc3n2CC)cc1.CCOC(=O)Nc1cccc(-c2c(C#N)c3ccc(OCCCN4CCCC4)cc3n2CC)c1. The number of rotatable bonds is 36. The molecule has 724 valence electrons. The van der Waals surface area contributed by atoms with Crippen LogP contribution in [-0.2, 0) is 45.1 Å². The number of hydrogen-bond donors (Lipinski definition) is 4. The molecule has 0 spiro atoms. The van der Waals surface area contributed by atoms with E-state index >= 15 is 0 Å². The molecule has 4 aliphatic rings. The van der Waals surface area contributed by atoms with Gasteiger partial charge in [-0.05, 0) is 273 Å². The van der Waals surface area contributed by atoms with Crippen LogP contribution in [0.15, 0.2) is 170 Å². The van der Waals surface area contributed by atoms with Gasteiger partial charge in [0.25, 0.3) is 0 Å². The number of carbonyl (C=O) groups excluding carboxylic acids is 4. The number of aryl methyl sites for hydroxylation is 4. The summed E-state index contributed by atoms with van der Waals surface area (Å²) in [4.78, 5) is 57.0. The highest BCUT2D eigenvalue weighted by atomic mass is 32.2. The quantitative estimate of drug-likeness (QED) is 0.0209. The molecule has 0 atom stereocenters. The lowest BCUT2D eigenvalue weighted by molar-refractivity contribution is 0.167. The molecule has 8 aromatic carbocycles. The van der Waals surface area contributed by atoms with Gasteiger partial charge in [-0.2, -0.15) is 32.8 Å². The van der Waals surface area contributed by atoms with Crippen molar-refractivity contribution in [3.8, 4) is 92.3 Å². The number of hydrogen-bond acceptors (Lipinski definition) is 21. The number of ether oxygens (including phenoxy) is 8. The van der Waals surface area contributed by atoms with E-state index in [1.807, 2.05) is 176 Å². The molecule has 138 heavy (non-hydrogen) atoms. The third kappa shape index (κ3) is 26.6. The number of fused-ring (bicyclic) bond motifs is 4. The van der Waals surface area contributed by atoms with Crippen LogP contribution in [0.2, 0.25) is 0 Å². The van der Waals surface area contributed by atoms with Crippen molar-refractivity contribution in [3.05, 3.63) is 192 Å². The van der Waals surface area contributed by atoms with Gasteiger partial charge < -0.3 is 75.8 Å². The number of thioether (sulfide) groups is 1. The van der Waals surface area contributed by atoms with Crippen LogP contribution >= 0.6 is 11.8 Å². The van der Waals surface area contributed by atoms with E-state index in [1.54, 1.807) is 33.8 Å². The van der Waals surface area contributed by atoms with Gasteiger partial charge in [0, 0.05) is 151 Å². The molecule has 12 aromatic rings. The Balaban J connectivity index is 0.000000155. The number of nitriles is 4. The minimum Gasteiger partial charge on any atom is -0.493 e. The molecule has 4 N–H and O–H groups in total. The number of piperidine rings is 1. The molecule has 4 fully saturated rings.